The molecule has 0 radical (unpaired) electrons. The molecule has 2 amide bonds. The van der Waals surface area contributed by atoms with Gasteiger partial charge in [0, 0.05) is 0 Å². The van der Waals surface area contributed by atoms with Gasteiger partial charge in [0.15, 0.2) is 12.6 Å². The highest BCUT2D eigenvalue weighted by Crippen LogP contribution is 2.20. The molecule has 3 N–H and O–H groups in total. The number of aliphatic carboxylic acids is 1. The summed E-state index contributed by atoms with van der Waals surface area (Å²) in [6.07, 6.45) is 0. The average Bonchev–Trinajstić information content (AvgIpc) is 2.66. The second-order valence-electron chi connectivity index (χ2n) is 6.01. The van der Waals surface area contributed by atoms with Gasteiger partial charge in [-0.05, 0) is 42.7 Å². The predicted octanol–water partition coefficient (Wildman–Crippen LogP) is 1.74. The zero-order chi connectivity index (χ0) is 19.8. The Labute approximate surface area is 157 Å². The number of aryl methyl sites for hydroxylation is 1. The van der Waals surface area contributed by atoms with Gasteiger partial charge in [0.2, 0.25) is 5.91 Å². The van der Waals surface area contributed by atoms with Crippen LogP contribution in [0.3, 0.4) is 0 Å². The van der Waals surface area contributed by atoms with E-state index >= 15 is 0 Å². The van der Waals surface area contributed by atoms with E-state index in [0.717, 1.165) is 11.1 Å². The van der Waals surface area contributed by atoms with Crippen LogP contribution in [0.25, 0.3) is 0 Å². The molecule has 0 spiro atoms. The second kappa shape index (κ2) is 9.38. The first-order valence-electron chi connectivity index (χ1n) is 8.41. The molecule has 0 aromatic heterocycles. The molecule has 2 aromatic carbocycles. The van der Waals surface area contributed by atoms with Gasteiger partial charge in [0.05, 0.1) is 6.54 Å². The lowest BCUT2D eigenvalue weighted by molar-refractivity contribution is -0.142. The summed E-state index contributed by atoms with van der Waals surface area (Å²) in [6, 6.07) is 12.9. The number of rotatable bonds is 8. The zero-order valence-corrected chi connectivity index (χ0v) is 15.2. The molecule has 0 fully saturated rings. The molecule has 0 aliphatic heterocycles. The second-order valence-corrected chi connectivity index (χ2v) is 6.01. The normalized spacial score (nSPS) is 11.3. The monoisotopic (exact) mass is 370 g/mol. The number of ether oxygens (including phenoxy) is 1. The minimum absolute atomic E-state index is 0.239. The molecule has 1 atom stereocenters. The van der Waals surface area contributed by atoms with E-state index in [1.165, 1.54) is 0 Å². The first-order valence-corrected chi connectivity index (χ1v) is 8.41. The van der Waals surface area contributed by atoms with Crippen molar-refractivity contribution < 1.29 is 24.2 Å². The van der Waals surface area contributed by atoms with Gasteiger partial charge in [-0.2, -0.15) is 0 Å². The highest BCUT2D eigenvalue weighted by molar-refractivity contribution is 5.88. The third-order valence-electron chi connectivity index (χ3n) is 4.07. The first-order chi connectivity index (χ1) is 12.9. The van der Waals surface area contributed by atoms with Crippen molar-refractivity contribution in [3.63, 3.8) is 0 Å². The average molecular weight is 370 g/mol. The van der Waals surface area contributed by atoms with Gasteiger partial charge >= 0.3 is 5.97 Å². The van der Waals surface area contributed by atoms with Crippen molar-refractivity contribution in [2.75, 3.05) is 13.2 Å². The van der Waals surface area contributed by atoms with Crippen molar-refractivity contribution in [1.29, 1.82) is 0 Å². The number of amides is 2. The standard InChI is InChI=1S/C20H22N2O5/c1-13-7-6-10-16(14(13)2)19(20(25)26)22-17(23)11-21-18(24)12-27-15-8-4-3-5-9-15/h3-10,19H,11-12H2,1-2H3,(H,21,24)(H,22,23)(H,25,26). The maximum absolute atomic E-state index is 12.1. The minimum Gasteiger partial charge on any atom is -0.484 e. The number of benzene rings is 2. The fourth-order valence-electron chi connectivity index (χ4n) is 2.47. The zero-order valence-electron chi connectivity index (χ0n) is 15.2. The Balaban J connectivity index is 1.88. The van der Waals surface area contributed by atoms with Crippen LogP contribution >= 0.6 is 0 Å². The third kappa shape index (κ3) is 5.85. The van der Waals surface area contributed by atoms with Gasteiger partial charge < -0.3 is 20.5 Å². The quantitative estimate of drug-likeness (QED) is 0.657. The SMILES string of the molecule is Cc1cccc(C(NC(=O)CNC(=O)COc2ccccc2)C(=O)O)c1C. The summed E-state index contributed by atoms with van der Waals surface area (Å²) in [5.74, 6) is -1.71. The molecule has 2 aromatic rings. The molecule has 7 heteroatoms. The van der Waals surface area contributed by atoms with Crippen molar-refractivity contribution >= 4 is 17.8 Å². The van der Waals surface area contributed by atoms with Crippen LogP contribution in [-0.4, -0.2) is 36.0 Å². The Bertz CT molecular complexity index is 820. The fraction of sp³-hybridized carbons (Fsp3) is 0.250. The molecule has 1 unspecified atom stereocenters. The van der Waals surface area contributed by atoms with E-state index in [1.807, 2.05) is 19.1 Å². The summed E-state index contributed by atoms with van der Waals surface area (Å²) in [6.45, 7) is 3.09. The number of carbonyl (C=O) groups is 3. The number of para-hydroxylation sites is 1. The highest BCUT2D eigenvalue weighted by Gasteiger charge is 2.24. The van der Waals surface area contributed by atoms with Gasteiger partial charge in [-0.25, -0.2) is 4.79 Å². The van der Waals surface area contributed by atoms with Crippen LogP contribution in [0.5, 0.6) is 5.75 Å². The van der Waals surface area contributed by atoms with Crippen molar-refractivity contribution in [2.24, 2.45) is 0 Å². The lowest BCUT2D eigenvalue weighted by Crippen LogP contribution is -2.42. The van der Waals surface area contributed by atoms with Crippen molar-refractivity contribution in [1.82, 2.24) is 10.6 Å². The summed E-state index contributed by atoms with van der Waals surface area (Å²) in [5, 5.41) is 14.3. The molecule has 0 bridgehead atoms. The van der Waals surface area contributed by atoms with E-state index in [0.29, 0.717) is 11.3 Å². The number of carboxylic acid groups (broad SMARTS) is 1. The molecule has 0 aliphatic carbocycles. The number of nitrogens with one attached hydrogen (secondary N) is 2. The van der Waals surface area contributed by atoms with E-state index < -0.39 is 23.8 Å². The van der Waals surface area contributed by atoms with E-state index in [1.54, 1.807) is 43.3 Å². The highest BCUT2D eigenvalue weighted by atomic mass is 16.5. The number of hydrogen-bond donors (Lipinski definition) is 3. The van der Waals surface area contributed by atoms with E-state index in [4.69, 9.17) is 4.74 Å². The molecule has 7 nitrogen and oxygen atoms in total. The van der Waals surface area contributed by atoms with Crippen LogP contribution in [-0.2, 0) is 14.4 Å². The minimum atomic E-state index is -1.19. The third-order valence-corrected chi connectivity index (χ3v) is 4.07. The molecule has 0 aliphatic rings. The van der Waals surface area contributed by atoms with Crippen LogP contribution < -0.4 is 15.4 Å². The van der Waals surface area contributed by atoms with Crippen LogP contribution in [0.1, 0.15) is 22.7 Å². The summed E-state index contributed by atoms with van der Waals surface area (Å²) in [5.41, 5.74) is 2.24. The van der Waals surface area contributed by atoms with Gasteiger partial charge in [-0.15, -0.1) is 0 Å². The Kier molecular flexibility index (Phi) is 6.93. The molecule has 0 saturated carbocycles. The molecule has 2 rings (SSSR count). The van der Waals surface area contributed by atoms with Crippen LogP contribution in [0, 0.1) is 13.8 Å². The van der Waals surface area contributed by atoms with E-state index in [9.17, 15) is 19.5 Å². The summed E-state index contributed by atoms with van der Waals surface area (Å²) >= 11 is 0. The van der Waals surface area contributed by atoms with Crippen LogP contribution in [0.2, 0.25) is 0 Å². The molecule has 0 heterocycles. The Morgan fingerprint density at radius 2 is 1.70 bits per heavy atom. The van der Waals surface area contributed by atoms with Crippen molar-refractivity contribution in [3.05, 3.63) is 65.2 Å². The summed E-state index contributed by atoms with van der Waals surface area (Å²) in [7, 11) is 0. The smallest absolute Gasteiger partial charge is 0.330 e. The molecule has 142 valence electrons. The fourth-order valence-corrected chi connectivity index (χ4v) is 2.47. The Hall–Kier alpha value is -3.35. The summed E-state index contributed by atoms with van der Waals surface area (Å²) in [4.78, 5) is 35.4. The van der Waals surface area contributed by atoms with Gasteiger partial charge in [-0.3, -0.25) is 9.59 Å². The molecular formula is C20H22N2O5. The van der Waals surface area contributed by atoms with E-state index in [2.05, 4.69) is 10.6 Å². The van der Waals surface area contributed by atoms with E-state index in [-0.39, 0.29) is 13.2 Å². The van der Waals surface area contributed by atoms with Crippen molar-refractivity contribution in [3.8, 4) is 5.75 Å². The Morgan fingerprint density at radius 1 is 1.00 bits per heavy atom. The van der Waals surface area contributed by atoms with Crippen molar-refractivity contribution in [2.45, 2.75) is 19.9 Å². The molecule has 27 heavy (non-hydrogen) atoms. The summed E-state index contributed by atoms with van der Waals surface area (Å²) < 4.78 is 5.28. The largest absolute Gasteiger partial charge is 0.484 e. The Morgan fingerprint density at radius 3 is 2.37 bits per heavy atom. The van der Waals surface area contributed by atoms with Crippen LogP contribution in [0.4, 0.5) is 0 Å². The maximum Gasteiger partial charge on any atom is 0.330 e. The predicted molar refractivity (Wildman–Crippen MR) is 99.4 cm³/mol. The number of hydrogen-bond acceptors (Lipinski definition) is 4. The maximum atomic E-state index is 12.1. The van der Waals surface area contributed by atoms with Gasteiger partial charge in [0.25, 0.3) is 5.91 Å². The van der Waals surface area contributed by atoms with Gasteiger partial charge in [0.1, 0.15) is 5.75 Å². The molecular weight excluding hydrogens is 348 g/mol. The first kappa shape index (κ1) is 20.0. The lowest BCUT2D eigenvalue weighted by Gasteiger charge is -2.18. The van der Waals surface area contributed by atoms with Gasteiger partial charge in [-0.1, -0.05) is 36.4 Å². The van der Waals surface area contributed by atoms with Crippen LogP contribution in [0.15, 0.2) is 48.5 Å². The number of carbonyl (C=O) groups excluding carboxylic acids is 2. The number of carboxylic acids is 1. The molecule has 0 saturated heterocycles. The topological polar surface area (TPSA) is 105 Å². The lowest BCUT2D eigenvalue weighted by atomic mass is 9.97.